The van der Waals surface area contributed by atoms with Crippen molar-refractivity contribution >= 4 is 10.1 Å². The van der Waals surface area contributed by atoms with Crippen molar-refractivity contribution in [1.29, 1.82) is 0 Å². The van der Waals surface area contributed by atoms with Gasteiger partial charge in [-0.3, -0.25) is 4.18 Å². The molecule has 0 aliphatic carbocycles. The van der Waals surface area contributed by atoms with Crippen molar-refractivity contribution in [2.45, 2.75) is 31.8 Å². The van der Waals surface area contributed by atoms with Gasteiger partial charge < -0.3 is 4.74 Å². The Balaban J connectivity index is 2.42. The largest absolute Gasteiger partial charge is 0.373 e. The molecule has 1 unspecified atom stereocenters. The molecule has 4 nitrogen and oxygen atoms in total. The van der Waals surface area contributed by atoms with E-state index in [-0.39, 0.29) is 6.61 Å². The van der Waals surface area contributed by atoms with Gasteiger partial charge in [-0.1, -0.05) is 0 Å². The van der Waals surface area contributed by atoms with E-state index in [0.717, 1.165) is 25.5 Å². The van der Waals surface area contributed by atoms with Gasteiger partial charge in [0.25, 0.3) is 10.1 Å². The molecule has 13 heavy (non-hydrogen) atoms. The molecule has 1 atom stereocenters. The van der Waals surface area contributed by atoms with Crippen molar-refractivity contribution in [3.63, 3.8) is 0 Å². The molecule has 0 aromatic rings. The average Bonchev–Trinajstić information content (AvgIpc) is 2.02. The minimum absolute atomic E-state index is 0.131. The van der Waals surface area contributed by atoms with Crippen LogP contribution in [0.15, 0.2) is 0 Å². The summed E-state index contributed by atoms with van der Waals surface area (Å²) in [6.07, 6.45) is 4.04. The Bertz CT molecular complexity index is 251. The number of hydrogen-bond acceptors (Lipinski definition) is 4. The van der Waals surface area contributed by atoms with E-state index in [9.17, 15) is 8.42 Å². The molecule has 0 aromatic carbocycles. The summed E-state index contributed by atoms with van der Waals surface area (Å²) in [6, 6.07) is 0. The van der Waals surface area contributed by atoms with E-state index in [4.69, 9.17) is 8.92 Å². The zero-order chi connectivity index (χ0) is 9.95. The van der Waals surface area contributed by atoms with Crippen LogP contribution in [0.1, 0.15) is 26.2 Å². The summed E-state index contributed by atoms with van der Waals surface area (Å²) >= 11 is 0. The lowest BCUT2D eigenvalue weighted by Crippen LogP contribution is -2.38. The van der Waals surface area contributed by atoms with Gasteiger partial charge in [0.05, 0.1) is 18.5 Å². The molecular formula is C8H16O4S. The minimum atomic E-state index is -3.34. The van der Waals surface area contributed by atoms with E-state index in [1.807, 2.05) is 6.92 Å². The molecule has 1 aliphatic rings. The van der Waals surface area contributed by atoms with Crippen LogP contribution in [0.2, 0.25) is 0 Å². The summed E-state index contributed by atoms with van der Waals surface area (Å²) in [7, 11) is -3.34. The fraction of sp³-hybridized carbons (Fsp3) is 1.00. The third kappa shape index (κ3) is 4.06. The fourth-order valence-corrected chi connectivity index (χ4v) is 1.80. The maximum atomic E-state index is 10.7. The van der Waals surface area contributed by atoms with E-state index in [1.165, 1.54) is 0 Å². The van der Waals surface area contributed by atoms with Gasteiger partial charge in [-0.2, -0.15) is 8.42 Å². The Morgan fingerprint density at radius 3 is 2.62 bits per heavy atom. The van der Waals surface area contributed by atoms with E-state index < -0.39 is 15.7 Å². The smallest absolute Gasteiger partial charge is 0.264 e. The van der Waals surface area contributed by atoms with Gasteiger partial charge in [0.1, 0.15) is 0 Å². The van der Waals surface area contributed by atoms with Gasteiger partial charge in [0.2, 0.25) is 0 Å². The second kappa shape index (κ2) is 3.94. The van der Waals surface area contributed by atoms with Crippen LogP contribution in [0.4, 0.5) is 0 Å². The van der Waals surface area contributed by atoms with Crippen molar-refractivity contribution in [1.82, 2.24) is 0 Å². The highest BCUT2D eigenvalue weighted by Crippen LogP contribution is 2.24. The second-order valence-electron chi connectivity index (χ2n) is 3.72. The number of hydrogen-bond donors (Lipinski definition) is 0. The summed E-state index contributed by atoms with van der Waals surface area (Å²) in [5.74, 6) is 0. The first-order chi connectivity index (χ1) is 5.91. The summed E-state index contributed by atoms with van der Waals surface area (Å²) < 4.78 is 31.7. The van der Waals surface area contributed by atoms with Crippen molar-refractivity contribution in [2.24, 2.45) is 0 Å². The second-order valence-corrected chi connectivity index (χ2v) is 5.37. The average molecular weight is 208 g/mol. The maximum absolute atomic E-state index is 10.7. The fourth-order valence-electron chi connectivity index (χ4n) is 1.34. The predicted molar refractivity (Wildman–Crippen MR) is 49.0 cm³/mol. The zero-order valence-corrected chi connectivity index (χ0v) is 8.89. The van der Waals surface area contributed by atoms with Crippen molar-refractivity contribution in [3.05, 3.63) is 0 Å². The van der Waals surface area contributed by atoms with Crippen LogP contribution in [0, 0.1) is 0 Å². The zero-order valence-electron chi connectivity index (χ0n) is 8.08. The number of ether oxygens (including phenoxy) is 1. The van der Waals surface area contributed by atoms with E-state index in [2.05, 4.69) is 0 Å². The molecule has 1 heterocycles. The number of rotatable bonds is 3. The van der Waals surface area contributed by atoms with E-state index >= 15 is 0 Å². The van der Waals surface area contributed by atoms with Crippen molar-refractivity contribution in [3.8, 4) is 0 Å². The van der Waals surface area contributed by atoms with Gasteiger partial charge >= 0.3 is 0 Å². The quantitative estimate of drug-likeness (QED) is 0.647. The molecule has 0 bridgehead atoms. The Morgan fingerprint density at radius 2 is 2.15 bits per heavy atom. The first kappa shape index (κ1) is 10.9. The van der Waals surface area contributed by atoms with Crippen LogP contribution in [0.25, 0.3) is 0 Å². The molecule has 0 amide bonds. The Morgan fingerprint density at radius 1 is 1.46 bits per heavy atom. The summed E-state index contributed by atoms with van der Waals surface area (Å²) in [4.78, 5) is 0. The molecule has 1 fully saturated rings. The third-order valence-corrected chi connectivity index (χ3v) is 2.67. The highest BCUT2D eigenvalue weighted by atomic mass is 32.2. The summed E-state index contributed by atoms with van der Waals surface area (Å²) in [6.45, 7) is 2.72. The molecule has 0 N–H and O–H groups in total. The molecule has 0 radical (unpaired) electrons. The van der Waals surface area contributed by atoms with Gasteiger partial charge in [-0.05, 0) is 26.2 Å². The Labute approximate surface area is 79.3 Å². The summed E-state index contributed by atoms with van der Waals surface area (Å²) in [5.41, 5.74) is -0.415. The lowest BCUT2D eigenvalue weighted by atomic mass is 9.97. The van der Waals surface area contributed by atoms with Gasteiger partial charge in [0.15, 0.2) is 0 Å². The highest BCUT2D eigenvalue weighted by Gasteiger charge is 2.29. The SMILES string of the molecule is CC1(COS(C)(=O)=O)CCCCO1. The summed E-state index contributed by atoms with van der Waals surface area (Å²) in [5, 5.41) is 0. The monoisotopic (exact) mass is 208 g/mol. The molecule has 1 rings (SSSR count). The van der Waals surface area contributed by atoms with Crippen LogP contribution >= 0.6 is 0 Å². The molecule has 78 valence electrons. The molecule has 0 saturated carbocycles. The highest BCUT2D eigenvalue weighted by molar-refractivity contribution is 7.85. The molecule has 5 heteroatoms. The maximum Gasteiger partial charge on any atom is 0.264 e. The molecule has 1 saturated heterocycles. The lowest BCUT2D eigenvalue weighted by Gasteiger charge is -2.32. The van der Waals surface area contributed by atoms with Crippen LogP contribution in [0.5, 0.6) is 0 Å². The molecular weight excluding hydrogens is 192 g/mol. The van der Waals surface area contributed by atoms with E-state index in [0.29, 0.717) is 6.61 Å². The van der Waals surface area contributed by atoms with E-state index in [1.54, 1.807) is 0 Å². The van der Waals surface area contributed by atoms with Crippen LogP contribution < -0.4 is 0 Å². The molecule has 0 spiro atoms. The Kier molecular flexibility index (Phi) is 3.32. The Hall–Kier alpha value is -0.130. The van der Waals surface area contributed by atoms with Crippen LogP contribution in [-0.4, -0.2) is 33.5 Å². The van der Waals surface area contributed by atoms with Crippen LogP contribution in [0.3, 0.4) is 0 Å². The molecule has 0 aromatic heterocycles. The normalized spacial score (nSPS) is 30.3. The van der Waals surface area contributed by atoms with Crippen LogP contribution in [-0.2, 0) is 19.0 Å². The van der Waals surface area contributed by atoms with Gasteiger partial charge in [-0.25, -0.2) is 0 Å². The predicted octanol–water partition coefficient (Wildman–Crippen LogP) is 0.922. The minimum Gasteiger partial charge on any atom is -0.373 e. The topological polar surface area (TPSA) is 52.6 Å². The molecule has 1 aliphatic heterocycles. The van der Waals surface area contributed by atoms with Crippen molar-refractivity contribution in [2.75, 3.05) is 19.5 Å². The standard InChI is InChI=1S/C8H16O4S/c1-8(5-3-4-6-11-8)7-12-13(2,9)10/h3-7H2,1-2H3. The third-order valence-electron chi connectivity index (χ3n) is 2.13. The lowest BCUT2D eigenvalue weighted by molar-refractivity contribution is -0.0876. The first-order valence-corrected chi connectivity index (χ1v) is 6.21. The van der Waals surface area contributed by atoms with Gasteiger partial charge in [-0.15, -0.1) is 0 Å². The van der Waals surface area contributed by atoms with Gasteiger partial charge in [0, 0.05) is 6.61 Å². The first-order valence-electron chi connectivity index (χ1n) is 4.40. The van der Waals surface area contributed by atoms with Crippen molar-refractivity contribution < 1.29 is 17.3 Å².